The number of rotatable bonds is 6. The van der Waals surface area contributed by atoms with Crippen molar-refractivity contribution in [1.29, 1.82) is 0 Å². The number of methoxy groups -OCH3 is 1. The van der Waals surface area contributed by atoms with Gasteiger partial charge in [0.2, 0.25) is 0 Å². The molecule has 1 N–H and O–H groups in total. The molecule has 0 fully saturated rings. The summed E-state index contributed by atoms with van der Waals surface area (Å²) in [5.41, 5.74) is 0. The lowest BCUT2D eigenvalue weighted by molar-refractivity contribution is 0.276. The predicted molar refractivity (Wildman–Crippen MR) is 65.1 cm³/mol. The Morgan fingerprint density at radius 2 is 2.06 bits per heavy atom. The van der Waals surface area contributed by atoms with Crippen LogP contribution in [0.4, 0.5) is 0 Å². The second kappa shape index (κ2) is 5.94. The summed E-state index contributed by atoms with van der Waals surface area (Å²) in [4.78, 5) is 0. The lowest BCUT2D eigenvalue weighted by Crippen LogP contribution is -2.00. The number of aromatic hydroxyl groups is 1. The molecule has 96 valence electrons. The van der Waals surface area contributed by atoms with Crippen molar-refractivity contribution in [2.24, 2.45) is 0 Å². The van der Waals surface area contributed by atoms with Crippen LogP contribution in [-0.2, 0) is 9.09 Å². The van der Waals surface area contributed by atoms with Gasteiger partial charge in [-0.25, -0.2) is 4.57 Å². The Bertz CT molecular complexity index is 418. The molecule has 0 radical (unpaired) electrons. The summed E-state index contributed by atoms with van der Waals surface area (Å²) in [5.74, 6) is 0.513. The molecule has 0 bridgehead atoms. The van der Waals surface area contributed by atoms with Crippen LogP contribution >= 0.6 is 7.60 Å². The van der Waals surface area contributed by atoms with E-state index in [9.17, 15) is 9.67 Å². The number of phenols is 1. The highest BCUT2D eigenvalue weighted by Crippen LogP contribution is 2.50. The molecule has 1 aromatic carbocycles. The molecule has 0 unspecified atom stereocenters. The zero-order valence-corrected chi connectivity index (χ0v) is 11.1. The SMILES string of the molecule is CCO[P@@](=O)(CC)Oc1cc(OC)ccc1O. The summed E-state index contributed by atoms with van der Waals surface area (Å²) < 4.78 is 27.5. The summed E-state index contributed by atoms with van der Waals surface area (Å²) in [7, 11) is -1.70. The van der Waals surface area contributed by atoms with Crippen LogP contribution in [0.25, 0.3) is 0 Å². The largest absolute Gasteiger partial charge is 0.504 e. The Balaban J connectivity index is 2.96. The normalized spacial score (nSPS) is 14.1. The molecule has 17 heavy (non-hydrogen) atoms. The van der Waals surface area contributed by atoms with Gasteiger partial charge in [-0.05, 0) is 19.1 Å². The first kappa shape index (κ1) is 13.9. The lowest BCUT2D eigenvalue weighted by Gasteiger charge is -2.18. The number of benzene rings is 1. The van der Waals surface area contributed by atoms with E-state index in [0.717, 1.165) is 0 Å². The van der Waals surface area contributed by atoms with Crippen LogP contribution in [0.15, 0.2) is 18.2 Å². The van der Waals surface area contributed by atoms with E-state index in [4.69, 9.17) is 13.8 Å². The van der Waals surface area contributed by atoms with Crippen molar-refractivity contribution in [2.75, 3.05) is 19.9 Å². The standard InChI is InChI=1S/C11H17O5P/c1-4-15-17(13,5-2)16-11-8-9(14-3)6-7-10(11)12/h6-8,12H,4-5H2,1-3H3/t17-/m0/s1. The molecule has 1 aromatic rings. The molecule has 0 saturated heterocycles. The fraction of sp³-hybridized carbons (Fsp3) is 0.455. The minimum absolute atomic E-state index is 0.0980. The van der Waals surface area contributed by atoms with Gasteiger partial charge in [-0.2, -0.15) is 0 Å². The third kappa shape index (κ3) is 3.65. The lowest BCUT2D eigenvalue weighted by atomic mass is 10.3. The van der Waals surface area contributed by atoms with Crippen molar-refractivity contribution in [3.8, 4) is 17.2 Å². The minimum atomic E-state index is -3.19. The third-order valence-corrected chi connectivity index (χ3v) is 4.02. The molecule has 5 nitrogen and oxygen atoms in total. The van der Waals surface area contributed by atoms with Gasteiger partial charge in [-0.3, -0.25) is 0 Å². The summed E-state index contributed by atoms with van der Waals surface area (Å²) in [5, 5.41) is 9.60. The van der Waals surface area contributed by atoms with Crippen LogP contribution in [0.2, 0.25) is 0 Å². The molecule has 0 aromatic heterocycles. The van der Waals surface area contributed by atoms with Crippen LogP contribution in [-0.4, -0.2) is 25.0 Å². The fourth-order valence-corrected chi connectivity index (χ4v) is 2.43. The quantitative estimate of drug-likeness (QED) is 0.796. The highest BCUT2D eigenvalue weighted by Gasteiger charge is 2.24. The molecule has 1 atom stereocenters. The first-order chi connectivity index (χ1) is 8.04. The Morgan fingerprint density at radius 1 is 1.35 bits per heavy atom. The average Bonchev–Trinajstić information content (AvgIpc) is 2.32. The zero-order chi connectivity index (χ0) is 12.9. The number of hydrogen-bond donors (Lipinski definition) is 1. The van der Waals surface area contributed by atoms with E-state index in [2.05, 4.69) is 0 Å². The van der Waals surface area contributed by atoms with Gasteiger partial charge in [-0.1, -0.05) is 6.92 Å². The maximum atomic E-state index is 12.1. The molecule has 6 heteroatoms. The first-order valence-corrected chi connectivity index (χ1v) is 7.07. The van der Waals surface area contributed by atoms with E-state index < -0.39 is 7.60 Å². The van der Waals surface area contributed by atoms with Crippen LogP contribution in [0.5, 0.6) is 17.2 Å². The summed E-state index contributed by atoms with van der Waals surface area (Å²) in [6.07, 6.45) is 0.234. The molecule has 0 saturated carbocycles. The Labute approximate surface area is 101 Å². The molecule has 1 rings (SSSR count). The van der Waals surface area contributed by atoms with E-state index in [1.165, 1.54) is 19.2 Å². The summed E-state index contributed by atoms with van der Waals surface area (Å²) in [6.45, 7) is 3.72. The van der Waals surface area contributed by atoms with E-state index in [0.29, 0.717) is 5.75 Å². The van der Waals surface area contributed by atoms with Gasteiger partial charge in [0.25, 0.3) is 0 Å². The molecule has 0 amide bonds. The highest BCUT2D eigenvalue weighted by atomic mass is 31.2. The van der Waals surface area contributed by atoms with Crippen molar-refractivity contribution >= 4 is 7.60 Å². The van der Waals surface area contributed by atoms with E-state index in [1.807, 2.05) is 0 Å². The van der Waals surface area contributed by atoms with Gasteiger partial charge >= 0.3 is 7.60 Å². The Morgan fingerprint density at radius 3 is 2.59 bits per heavy atom. The van der Waals surface area contributed by atoms with E-state index in [-0.39, 0.29) is 24.3 Å². The van der Waals surface area contributed by atoms with Gasteiger partial charge in [0.05, 0.1) is 19.9 Å². The van der Waals surface area contributed by atoms with E-state index in [1.54, 1.807) is 19.9 Å². The second-order valence-corrected chi connectivity index (χ2v) is 5.56. The molecular weight excluding hydrogens is 243 g/mol. The van der Waals surface area contributed by atoms with Crippen LogP contribution in [0.1, 0.15) is 13.8 Å². The zero-order valence-electron chi connectivity index (χ0n) is 10.2. The Kier molecular flexibility index (Phi) is 4.85. The molecular formula is C11H17O5P. The number of phenolic OH excluding ortho intramolecular Hbond substituents is 1. The van der Waals surface area contributed by atoms with Crippen LogP contribution < -0.4 is 9.26 Å². The van der Waals surface area contributed by atoms with Gasteiger partial charge in [0.1, 0.15) is 5.75 Å². The minimum Gasteiger partial charge on any atom is -0.504 e. The smallest absolute Gasteiger partial charge is 0.379 e. The highest BCUT2D eigenvalue weighted by molar-refractivity contribution is 7.54. The maximum Gasteiger partial charge on any atom is 0.379 e. The third-order valence-electron chi connectivity index (χ3n) is 2.12. The Hall–Kier alpha value is -1.19. The van der Waals surface area contributed by atoms with Crippen molar-refractivity contribution in [1.82, 2.24) is 0 Å². The maximum absolute atomic E-state index is 12.1. The number of hydrogen-bond acceptors (Lipinski definition) is 5. The predicted octanol–water partition coefficient (Wildman–Crippen LogP) is 3.03. The fourth-order valence-electron chi connectivity index (χ4n) is 1.22. The van der Waals surface area contributed by atoms with Crippen molar-refractivity contribution in [3.63, 3.8) is 0 Å². The molecule has 0 spiro atoms. The number of ether oxygens (including phenoxy) is 1. The van der Waals surface area contributed by atoms with E-state index >= 15 is 0 Å². The van der Waals surface area contributed by atoms with Crippen LogP contribution in [0.3, 0.4) is 0 Å². The van der Waals surface area contributed by atoms with Gasteiger partial charge in [-0.15, -0.1) is 0 Å². The topological polar surface area (TPSA) is 65.0 Å². The summed E-state index contributed by atoms with van der Waals surface area (Å²) in [6, 6.07) is 4.47. The summed E-state index contributed by atoms with van der Waals surface area (Å²) >= 11 is 0. The van der Waals surface area contributed by atoms with Crippen LogP contribution in [0, 0.1) is 0 Å². The van der Waals surface area contributed by atoms with Gasteiger partial charge < -0.3 is 18.9 Å². The molecule has 0 aliphatic rings. The van der Waals surface area contributed by atoms with Gasteiger partial charge in [0.15, 0.2) is 11.5 Å². The first-order valence-electron chi connectivity index (χ1n) is 5.34. The van der Waals surface area contributed by atoms with Crippen molar-refractivity contribution in [2.45, 2.75) is 13.8 Å². The van der Waals surface area contributed by atoms with Crippen molar-refractivity contribution < 1.29 is 23.5 Å². The van der Waals surface area contributed by atoms with Crippen molar-refractivity contribution in [3.05, 3.63) is 18.2 Å². The molecule has 0 heterocycles. The average molecular weight is 260 g/mol. The molecule has 0 aliphatic heterocycles. The molecule has 0 aliphatic carbocycles. The monoisotopic (exact) mass is 260 g/mol. The van der Waals surface area contributed by atoms with Gasteiger partial charge in [0, 0.05) is 6.07 Å². The second-order valence-electron chi connectivity index (χ2n) is 3.27.